The number of nitrogens with zero attached hydrogens (tertiary/aromatic N) is 3. The third-order valence-electron chi connectivity index (χ3n) is 2.72. The Balaban J connectivity index is 1.87. The molecule has 0 saturated carbocycles. The Morgan fingerprint density at radius 2 is 2.28 bits per heavy atom. The van der Waals surface area contributed by atoms with Gasteiger partial charge in [-0.25, -0.2) is 9.89 Å². The molecule has 7 nitrogen and oxygen atoms in total. The Kier molecular flexibility index (Phi) is 3.61. The van der Waals surface area contributed by atoms with Crippen LogP contribution in [0.15, 0.2) is 10.9 Å². The fourth-order valence-corrected chi connectivity index (χ4v) is 1.84. The number of H-pyrrole nitrogens is 2. The van der Waals surface area contributed by atoms with Crippen LogP contribution in [-0.4, -0.2) is 31.0 Å². The third-order valence-corrected chi connectivity index (χ3v) is 2.72. The van der Waals surface area contributed by atoms with Crippen molar-refractivity contribution in [1.82, 2.24) is 30.3 Å². The minimum atomic E-state index is -0.280. The van der Waals surface area contributed by atoms with Crippen molar-refractivity contribution in [3.05, 3.63) is 33.8 Å². The quantitative estimate of drug-likeness (QED) is 0.701. The highest BCUT2D eigenvalue weighted by Gasteiger charge is 2.07. The van der Waals surface area contributed by atoms with E-state index in [4.69, 9.17) is 0 Å². The predicted molar refractivity (Wildman–Crippen MR) is 67.2 cm³/mol. The lowest BCUT2D eigenvalue weighted by Crippen LogP contribution is -2.31. The van der Waals surface area contributed by atoms with Crippen molar-refractivity contribution in [3.8, 4) is 0 Å². The van der Waals surface area contributed by atoms with Crippen molar-refractivity contribution in [2.45, 2.75) is 39.9 Å². The summed E-state index contributed by atoms with van der Waals surface area (Å²) in [6.45, 7) is 7.41. The number of aryl methyl sites for hydroxylation is 2. The molecule has 7 heteroatoms. The molecule has 2 heterocycles. The Bertz CT molecular complexity index is 566. The van der Waals surface area contributed by atoms with Crippen LogP contribution in [0.25, 0.3) is 0 Å². The zero-order valence-electron chi connectivity index (χ0n) is 10.8. The first kappa shape index (κ1) is 12.6. The van der Waals surface area contributed by atoms with E-state index in [1.807, 2.05) is 18.5 Å². The normalized spacial score (nSPS) is 12.8. The van der Waals surface area contributed by atoms with E-state index in [9.17, 15) is 4.79 Å². The number of hydrogen-bond donors (Lipinski definition) is 3. The van der Waals surface area contributed by atoms with E-state index in [1.54, 1.807) is 0 Å². The van der Waals surface area contributed by atoms with Crippen molar-refractivity contribution < 1.29 is 0 Å². The number of nitrogens with one attached hydrogen (secondary N) is 3. The highest BCUT2D eigenvalue weighted by molar-refractivity contribution is 5.06. The van der Waals surface area contributed by atoms with Gasteiger partial charge in [-0.1, -0.05) is 0 Å². The van der Waals surface area contributed by atoms with Crippen molar-refractivity contribution in [3.63, 3.8) is 0 Å². The van der Waals surface area contributed by atoms with Crippen LogP contribution in [0.5, 0.6) is 0 Å². The lowest BCUT2D eigenvalue weighted by atomic mass is 10.3. The van der Waals surface area contributed by atoms with Crippen molar-refractivity contribution in [2.75, 3.05) is 0 Å². The number of aromatic amines is 2. The number of aromatic nitrogens is 5. The largest absolute Gasteiger partial charge is 0.340 e. The monoisotopic (exact) mass is 250 g/mol. The maximum Gasteiger partial charge on any atom is 0.340 e. The molecule has 2 aromatic heterocycles. The van der Waals surface area contributed by atoms with E-state index in [1.165, 1.54) is 0 Å². The van der Waals surface area contributed by atoms with E-state index >= 15 is 0 Å². The lowest BCUT2D eigenvalue weighted by molar-refractivity contribution is 0.439. The summed E-state index contributed by atoms with van der Waals surface area (Å²) in [6, 6.07) is 2.29. The van der Waals surface area contributed by atoms with Gasteiger partial charge in [-0.15, -0.1) is 0 Å². The predicted octanol–water partition coefficient (Wildman–Crippen LogP) is 0.0896. The fraction of sp³-hybridized carbons (Fsp3) is 0.545. The number of hydrogen-bond acceptors (Lipinski definition) is 4. The molecule has 0 saturated heterocycles. The summed E-state index contributed by atoms with van der Waals surface area (Å²) >= 11 is 0. The molecule has 0 aliphatic rings. The SMILES string of the molecule is Cc1cc(C)n(CC(C)NCc2n[nH]c(=O)[nH]2)n1. The van der Waals surface area contributed by atoms with Gasteiger partial charge >= 0.3 is 5.69 Å². The van der Waals surface area contributed by atoms with Crippen LogP contribution in [0.2, 0.25) is 0 Å². The summed E-state index contributed by atoms with van der Waals surface area (Å²) in [7, 11) is 0. The minimum absolute atomic E-state index is 0.239. The van der Waals surface area contributed by atoms with Gasteiger partial charge in [0, 0.05) is 11.7 Å². The average Bonchev–Trinajstić information content (AvgIpc) is 2.83. The lowest BCUT2D eigenvalue weighted by Gasteiger charge is -2.13. The van der Waals surface area contributed by atoms with Crippen molar-refractivity contribution in [1.29, 1.82) is 0 Å². The summed E-state index contributed by atoms with van der Waals surface area (Å²) in [5.41, 5.74) is 1.89. The van der Waals surface area contributed by atoms with Crippen LogP contribution in [0.3, 0.4) is 0 Å². The highest BCUT2D eigenvalue weighted by Crippen LogP contribution is 2.02. The second kappa shape index (κ2) is 5.18. The first-order valence-electron chi connectivity index (χ1n) is 5.92. The van der Waals surface area contributed by atoms with E-state index in [0.29, 0.717) is 12.4 Å². The van der Waals surface area contributed by atoms with Gasteiger partial charge in [0.2, 0.25) is 0 Å². The summed E-state index contributed by atoms with van der Waals surface area (Å²) < 4.78 is 1.97. The summed E-state index contributed by atoms with van der Waals surface area (Å²) in [4.78, 5) is 13.5. The molecule has 98 valence electrons. The smallest absolute Gasteiger partial charge is 0.305 e. The van der Waals surface area contributed by atoms with Gasteiger partial charge in [0.1, 0.15) is 5.82 Å². The average molecular weight is 250 g/mol. The van der Waals surface area contributed by atoms with Crippen LogP contribution < -0.4 is 11.0 Å². The third kappa shape index (κ3) is 3.07. The highest BCUT2D eigenvalue weighted by atomic mass is 16.1. The van der Waals surface area contributed by atoms with Crippen molar-refractivity contribution in [2.24, 2.45) is 0 Å². The molecule has 0 bridgehead atoms. The molecule has 18 heavy (non-hydrogen) atoms. The Labute approximate surface area is 105 Å². The molecule has 0 aliphatic heterocycles. The summed E-state index contributed by atoms with van der Waals surface area (Å²) in [5, 5.41) is 13.9. The van der Waals surface area contributed by atoms with E-state index in [2.05, 4.69) is 38.6 Å². The Morgan fingerprint density at radius 3 is 2.83 bits per heavy atom. The molecule has 0 amide bonds. The van der Waals surface area contributed by atoms with Gasteiger partial charge in [0.05, 0.1) is 18.8 Å². The standard InChI is InChI=1S/C11H18N6O/c1-7-4-9(3)17(16-7)6-8(2)12-5-10-13-11(18)15-14-10/h4,8,12H,5-6H2,1-3H3,(H2,13,14,15,18). The summed E-state index contributed by atoms with van der Waals surface area (Å²) in [6.07, 6.45) is 0. The van der Waals surface area contributed by atoms with Gasteiger partial charge in [-0.2, -0.15) is 10.2 Å². The first-order valence-corrected chi connectivity index (χ1v) is 5.92. The maximum atomic E-state index is 10.9. The Hall–Kier alpha value is -1.89. The van der Waals surface area contributed by atoms with Gasteiger partial charge < -0.3 is 5.32 Å². The second-order valence-electron chi connectivity index (χ2n) is 4.52. The molecule has 2 rings (SSSR count). The minimum Gasteiger partial charge on any atom is -0.305 e. The van der Waals surface area contributed by atoms with Crippen molar-refractivity contribution >= 4 is 0 Å². The molecular weight excluding hydrogens is 232 g/mol. The van der Waals surface area contributed by atoms with E-state index in [0.717, 1.165) is 17.9 Å². The Morgan fingerprint density at radius 1 is 1.50 bits per heavy atom. The topological polar surface area (TPSA) is 91.4 Å². The van der Waals surface area contributed by atoms with Gasteiger partial charge in [-0.3, -0.25) is 9.67 Å². The van der Waals surface area contributed by atoms with E-state index < -0.39 is 0 Å². The maximum absolute atomic E-state index is 10.9. The molecule has 2 aromatic rings. The van der Waals surface area contributed by atoms with Crippen LogP contribution in [0.4, 0.5) is 0 Å². The molecule has 3 N–H and O–H groups in total. The van der Waals surface area contributed by atoms with Gasteiger partial charge in [-0.05, 0) is 26.8 Å². The summed E-state index contributed by atoms with van der Waals surface area (Å²) in [5.74, 6) is 0.611. The van der Waals surface area contributed by atoms with Gasteiger partial charge in [0.25, 0.3) is 0 Å². The van der Waals surface area contributed by atoms with Crippen LogP contribution in [0.1, 0.15) is 24.1 Å². The number of rotatable bonds is 5. The van der Waals surface area contributed by atoms with Crippen LogP contribution in [-0.2, 0) is 13.1 Å². The van der Waals surface area contributed by atoms with Gasteiger partial charge in [0.15, 0.2) is 0 Å². The zero-order chi connectivity index (χ0) is 13.1. The molecule has 0 fully saturated rings. The fourth-order valence-electron chi connectivity index (χ4n) is 1.84. The molecule has 1 unspecified atom stereocenters. The zero-order valence-corrected chi connectivity index (χ0v) is 10.8. The second-order valence-corrected chi connectivity index (χ2v) is 4.52. The first-order chi connectivity index (χ1) is 8.54. The molecule has 1 atom stereocenters. The van der Waals surface area contributed by atoms with Crippen LogP contribution in [0, 0.1) is 13.8 Å². The molecule has 0 spiro atoms. The molecule has 0 aromatic carbocycles. The van der Waals surface area contributed by atoms with Crippen LogP contribution >= 0.6 is 0 Å². The molecule has 0 aliphatic carbocycles. The van der Waals surface area contributed by atoms with E-state index in [-0.39, 0.29) is 11.7 Å². The molecule has 0 radical (unpaired) electrons. The molecular formula is C11H18N6O.